The fourth-order valence-electron chi connectivity index (χ4n) is 5.76. The van der Waals surface area contributed by atoms with E-state index < -0.39 is 23.1 Å². The number of halogens is 2. The monoisotopic (exact) mass is 517 g/mol. The second kappa shape index (κ2) is 9.75. The molecule has 11 heteroatoms. The highest BCUT2D eigenvalue weighted by Gasteiger charge is 2.40. The van der Waals surface area contributed by atoms with Crippen molar-refractivity contribution < 1.29 is 27.8 Å². The van der Waals surface area contributed by atoms with Gasteiger partial charge in [-0.05, 0) is 50.2 Å². The molecular weight excluding hydrogens is 488 g/mol. The molecule has 1 aromatic carbocycles. The highest BCUT2D eigenvalue weighted by Crippen LogP contribution is 2.42. The first-order valence-electron chi connectivity index (χ1n) is 12.7. The number of aromatic nitrogens is 2. The highest BCUT2D eigenvalue weighted by molar-refractivity contribution is 5.88. The lowest BCUT2D eigenvalue weighted by Gasteiger charge is -2.34. The van der Waals surface area contributed by atoms with E-state index in [4.69, 9.17) is 9.47 Å². The SMILES string of the molecule is CCOC(=O)c1cn(C2CCC(N3CCOC3=O)CC2)c(=O)n(Cc2cccc3c2CCC3(F)F)c1=O. The van der Waals surface area contributed by atoms with E-state index in [-0.39, 0.29) is 55.3 Å². The average molecular weight is 518 g/mol. The summed E-state index contributed by atoms with van der Waals surface area (Å²) in [4.78, 5) is 53.2. The summed E-state index contributed by atoms with van der Waals surface area (Å²) < 4.78 is 41.1. The number of hydrogen-bond donors (Lipinski definition) is 0. The summed E-state index contributed by atoms with van der Waals surface area (Å²) in [6.07, 6.45) is 3.14. The molecule has 198 valence electrons. The van der Waals surface area contributed by atoms with Crippen LogP contribution in [0.1, 0.15) is 72.1 Å². The zero-order chi connectivity index (χ0) is 26.3. The summed E-state index contributed by atoms with van der Waals surface area (Å²) in [5.74, 6) is -3.79. The molecule has 0 spiro atoms. The van der Waals surface area contributed by atoms with Gasteiger partial charge in [-0.15, -0.1) is 0 Å². The summed E-state index contributed by atoms with van der Waals surface area (Å²) in [6.45, 7) is 2.34. The van der Waals surface area contributed by atoms with Gasteiger partial charge in [0, 0.05) is 30.3 Å². The lowest BCUT2D eigenvalue weighted by Crippen LogP contribution is -2.45. The number of rotatable bonds is 6. The second-order valence-corrected chi connectivity index (χ2v) is 9.76. The van der Waals surface area contributed by atoms with Gasteiger partial charge in [-0.1, -0.05) is 18.2 Å². The van der Waals surface area contributed by atoms with Crippen LogP contribution in [0.2, 0.25) is 0 Å². The molecule has 1 aromatic heterocycles. The summed E-state index contributed by atoms with van der Waals surface area (Å²) >= 11 is 0. The van der Waals surface area contributed by atoms with Gasteiger partial charge in [0.15, 0.2) is 0 Å². The summed E-state index contributed by atoms with van der Waals surface area (Å²) in [5, 5.41) is 0. The Morgan fingerprint density at radius 1 is 1.14 bits per heavy atom. The maximum Gasteiger partial charge on any atom is 0.410 e. The molecule has 2 fully saturated rings. The van der Waals surface area contributed by atoms with Crippen molar-refractivity contribution in [2.24, 2.45) is 0 Å². The Morgan fingerprint density at radius 2 is 1.86 bits per heavy atom. The average Bonchev–Trinajstić information content (AvgIpc) is 3.45. The van der Waals surface area contributed by atoms with Gasteiger partial charge >= 0.3 is 17.8 Å². The predicted molar refractivity (Wildman–Crippen MR) is 128 cm³/mol. The van der Waals surface area contributed by atoms with E-state index in [1.165, 1.54) is 22.9 Å². The summed E-state index contributed by atoms with van der Waals surface area (Å²) in [5.41, 5.74) is -0.883. The number of benzene rings is 1. The molecule has 2 aromatic rings. The van der Waals surface area contributed by atoms with Gasteiger partial charge in [0.1, 0.15) is 12.2 Å². The van der Waals surface area contributed by atoms with Crippen molar-refractivity contribution in [3.8, 4) is 0 Å². The molecular formula is C26H29F2N3O6. The maximum absolute atomic E-state index is 14.3. The van der Waals surface area contributed by atoms with Crippen LogP contribution in [0.4, 0.5) is 13.6 Å². The Labute approximate surface area is 211 Å². The number of alkyl halides is 2. The number of esters is 1. The van der Waals surface area contributed by atoms with Crippen LogP contribution in [0, 0.1) is 0 Å². The molecule has 1 saturated carbocycles. The van der Waals surface area contributed by atoms with Crippen LogP contribution < -0.4 is 11.2 Å². The Bertz CT molecular complexity index is 1340. The molecule has 2 aliphatic carbocycles. The second-order valence-electron chi connectivity index (χ2n) is 9.76. The van der Waals surface area contributed by atoms with Gasteiger partial charge in [0.2, 0.25) is 0 Å². The minimum absolute atomic E-state index is 0.00552. The zero-order valence-electron chi connectivity index (χ0n) is 20.6. The standard InChI is InChI=1S/C26H29F2N3O6/c1-2-36-23(33)20-15-30(18-8-6-17(7-9-18)29-12-13-37-25(29)35)24(34)31(22(20)32)14-16-4-3-5-21-19(16)10-11-26(21,27)28/h3-5,15,17-18H,2,6-14H2,1H3. The Kier molecular flexibility index (Phi) is 6.63. The molecule has 2 heterocycles. The first-order chi connectivity index (χ1) is 17.7. The molecule has 1 amide bonds. The molecule has 0 radical (unpaired) electrons. The third kappa shape index (κ3) is 4.55. The Balaban J connectivity index is 1.50. The third-order valence-corrected chi connectivity index (χ3v) is 7.67. The third-order valence-electron chi connectivity index (χ3n) is 7.67. The van der Waals surface area contributed by atoms with Crippen molar-refractivity contribution in [3.05, 3.63) is 67.5 Å². The fraction of sp³-hybridized carbons (Fsp3) is 0.538. The van der Waals surface area contributed by atoms with Crippen LogP contribution in [0.25, 0.3) is 0 Å². The molecule has 0 atom stereocenters. The minimum Gasteiger partial charge on any atom is -0.462 e. The van der Waals surface area contributed by atoms with Gasteiger partial charge in [-0.2, -0.15) is 0 Å². The number of hydrogen-bond acceptors (Lipinski definition) is 6. The molecule has 5 rings (SSSR count). The molecule has 1 aliphatic heterocycles. The van der Waals surface area contributed by atoms with E-state index in [9.17, 15) is 28.0 Å². The summed E-state index contributed by atoms with van der Waals surface area (Å²) in [6, 6.07) is 4.21. The number of nitrogens with zero attached hydrogens (tertiary/aromatic N) is 3. The van der Waals surface area contributed by atoms with Gasteiger partial charge in [0.25, 0.3) is 11.5 Å². The lowest BCUT2D eigenvalue weighted by atomic mass is 9.90. The van der Waals surface area contributed by atoms with Crippen molar-refractivity contribution in [1.82, 2.24) is 14.0 Å². The highest BCUT2D eigenvalue weighted by atomic mass is 19.3. The van der Waals surface area contributed by atoms with Crippen molar-refractivity contribution in [3.63, 3.8) is 0 Å². The van der Waals surface area contributed by atoms with Gasteiger partial charge < -0.3 is 14.4 Å². The number of ether oxygens (including phenoxy) is 2. The number of carbonyl (C=O) groups is 2. The van der Waals surface area contributed by atoms with Crippen LogP contribution >= 0.6 is 0 Å². The number of cyclic esters (lactones) is 1. The van der Waals surface area contributed by atoms with E-state index in [2.05, 4.69) is 0 Å². The van der Waals surface area contributed by atoms with Gasteiger partial charge in [-0.3, -0.25) is 13.9 Å². The maximum atomic E-state index is 14.3. The molecule has 0 unspecified atom stereocenters. The quantitative estimate of drug-likeness (QED) is 0.546. The first kappa shape index (κ1) is 25.2. The first-order valence-corrected chi connectivity index (χ1v) is 12.7. The molecule has 9 nitrogen and oxygen atoms in total. The largest absolute Gasteiger partial charge is 0.462 e. The van der Waals surface area contributed by atoms with Crippen molar-refractivity contribution in [2.75, 3.05) is 19.8 Å². The van der Waals surface area contributed by atoms with Gasteiger partial charge in [0.05, 0.1) is 19.7 Å². The number of carbonyl (C=O) groups excluding carboxylic acids is 2. The van der Waals surface area contributed by atoms with E-state index in [1.54, 1.807) is 17.9 Å². The molecule has 3 aliphatic rings. The van der Waals surface area contributed by atoms with Crippen LogP contribution in [0.5, 0.6) is 0 Å². The van der Waals surface area contributed by atoms with Crippen LogP contribution in [0.15, 0.2) is 34.0 Å². The van der Waals surface area contributed by atoms with E-state index in [0.29, 0.717) is 50.0 Å². The van der Waals surface area contributed by atoms with Crippen molar-refractivity contribution in [1.29, 1.82) is 0 Å². The normalized spacial score (nSPS) is 22.6. The van der Waals surface area contributed by atoms with E-state index in [0.717, 1.165) is 4.57 Å². The number of amides is 1. The van der Waals surface area contributed by atoms with Crippen molar-refractivity contribution >= 4 is 12.1 Å². The van der Waals surface area contributed by atoms with E-state index in [1.807, 2.05) is 0 Å². The molecule has 37 heavy (non-hydrogen) atoms. The molecule has 1 saturated heterocycles. The zero-order valence-corrected chi connectivity index (χ0v) is 20.6. The fourth-order valence-corrected chi connectivity index (χ4v) is 5.76. The molecule has 0 N–H and O–H groups in total. The van der Waals surface area contributed by atoms with Crippen LogP contribution in [-0.4, -0.2) is 51.9 Å². The van der Waals surface area contributed by atoms with Crippen molar-refractivity contribution in [2.45, 2.75) is 70.0 Å². The van der Waals surface area contributed by atoms with Crippen LogP contribution in [0.3, 0.4) is 0 Å². The topological polar surface area (TPSA) is 99.8 Å². The molecule has 0 bridgehead atoms. The predicted octanol–water partition coefficient (Wildman–Crippen LogP) is 3.21. The smallest absolute Gasteiger partial charge is 0.410 e. The Hall–Kier alpha value is -3.50. The van der Waals surface area contributed by atoms with E-state index >= 15 is 0 Å². The summed E-state index contributed by atoms with van der Waals surface area (Å²) in [7, 11) is 0. The number of fused-ring (bicyclic) bond motifs is 1. The van der Waals surface area contributed by atoms with Crippen LogP contribution in [-0.2, 0) is 28.4 Å². The minimum atomic E-state index is -2.95. The Morgan fingerprint density at radius 3 is 2.54 bits per heavy atom. The van der Waals surface area contributed by atoms with Gasteiger partial charge in [-0.25, -0.2) is 23.2 Å². The lowest BCUT2D eigenvalue weighted by molar-refractivity contribution is -0.00186.